The van der Waals surface area contributed by atoms with Gasteiger partial charge in [0.05, 0.1) is 0 Å². The van der Waals surface area contributed by atoms with Gasteiger partial charge in [0.1, 0.15) is 0 Å². The average Bonchev–Trinajstić information content (AvgIpc) is 0.811. The number of hydrogen-bond donors (Lipinski definition) is 2. The van der Waals surface area contributed by atoms with E-state index in [2.05, 4.69) is 0 Å². The van der Waals surface area contributed by atoms with Crippen LogP contribution in [0.25, 0.3) is 0 Å². The molecule has 5 heteroatoms. The van der Waals surface area contributed by atoms with Gasteiger partial charge >= 0.3 is 0 Å². The first-order valence-corrected chi connectivity index (χ1v) is 1.63. The van der Waals surface area contributed by atoms with E-state index in [0.29, 0.717) is 4.84 Å². The summed E-state index contributed by atoms with van der Waals surface area (Å²) in [6, 6.07) is 0. The zero-order chi connectivity index (χ0) is 3.58. The number of hydrogen-bond acceptors (Lipinski definition) is 2. The Morgan fingerprint density at radius 1 is 1.14 bits per heavy atom. The quantitative estimate of drug-likeness (QED) is 0.670. The van der Waals surface area contributed by atoms with E-state index in [1.165, 1.54) is 0 Å². The maximum atomic E-state index is 4.96. The average molecular weight is 327 g/mol. The van der Waals surface area contributed by atoms with Crippen LogP contribution in [-0.4, -0.2) is 0 Å². The molecule has 0 rings (SSSR count). The Morgan fingerprint density at radius 2 is 1.14 bits per heavy atom. The zero-order valence-corrected chi connectivity index (χ0v) is 7.77. The maximum absolute atomic E-state index is 4.96. The van der Waals surface area contributed by atoms with Crippen molar-refractivity contribution in [1.82, 2.24) is 12.3 Å². The summed E-state index contributed by atoms with van der Waals surface area (Å²) in [5.74, 6) is 0. The molecule has 0 bridgehead atoms. The van der Waals surface area contributed by atoms with E-state index in [-0.39, 0.29) is 33.4 Å². The number of halogens is 2. The fourth-order valence-corrected chi connectivity index (χ4v) is 0. The third-order valence-electron chi connectivity index (χ3n) is 0. The molecule has 6 N–H and O–H groups in total. The first kappa shape index (κ1) is 24.1. The van der Waals surface area contributed by atoms with Gasteiger partial charge in [-0.3, -0.25) is 0 Å². The van der Waals surface area contributed by atoms with Gasteiger partial charge in [-0.15, -0.1) is 4.84 Å². The minimum absolute atomic E-state index is 0. The Morgan fingerprint density at radius 3 is 1.14 bits per heavy atom. The maximum Gasteiger partial charge on any atom is 0 e. The summed E-state index contributed by atoms with van der Waals surface area (Å²) in [6.07, 6.45) is 0. The molecule has 0 saturated carbocycles. The van der Waals surface area contributed by atoms with Crippen molar-refractivity contribution in [3.63, 3.8) is 0 Å². The van der Waals surface area contributed by atoms with Crippen LogP contribution in [0.1, 0.15) is 6.92 Å². The normalized spacial score (nSPS) is 5.14. The van der Waals surface area contributed by atoms with Gasteiger partial charge in [-0.2, -0.15) is 6.92 Å². The van der Waals surface area contributed by atoms with Crippen molar-refractivity contribution in [3.8, 4) is 0 Å². The zero-order valence-electron chi connectivity index (χ0n) is 3.99. The van der Waals surface area contributed by atoms with Gasteiger partial charge in [-0.05, 0) is 0 Å². The van der Waals surface area contributed by atoms with Gasteiger partial charge in [0.2, 0.25) is 0 Å². The second-order valence-corrected chi connectivity index (χ2v) is 1.78. The summed E-state index contributed by atoms with van der Waals surface area (Å²) in [5, 5.41) is 0. The Bertz CT molecular complexity index is 18.4. The van der Waals surface area contributed by atoms with E-state index >= 15 is 0 Å². The van der Waals surface area contributed by atoms with Crippen LogP contribution < -0.4 is 12.3 Å². The van der Waals surface area contributed by atoms with Crippen LogP contribution in [-0.2, 0) is 21.1 Å². The molecule has 2 nitrogen and oxygen atoms in total. The summed E-state index contributed by atoms with van der Waals surface area (Å²) in [5.41, 5.74) is 0. The molecule has 0 aliphatic carbocycles. The molecular weight excluding hydrogens is 318 g/mol. The second kappa shape index (κ2) is 15.7. The molecule has 0 aliphatic rings. The Labute approximate surface area is 68.4 Å². The van der Waals surface area contributed by atoms with Gasteiger partial charge < -0.3 is 35.5 Å². The summed E-state index contributed by atoms with van der Waals surface area (Å²) in [6.45, 7) is 1.61. The molecule has 0 aromatic heterocycles. The van der Waals surface area contributed by atoms with Gasteiger partial charge in [0, 0.05) is 21.1 Å². The molecule has 0 aliphatic heterocycles. The SMILES string of the molecule is C[C-](Cl)Cl.N.N.[Pt]. The van der Waals surface area contributed by atoms with Crippen molar-refractivity contribution < 1.29 is 21.1 Å². The van der Waals surface area contributed by atoms with Crippen molar-refractivity contribution in [3.05, 3.63) is 4.84 Å². The van der Waals surface area contributed by atoms with Crippen LogP contribution in [0.2, 0.25) is 0 Å². The minimum atomic E-state index is 0. The van der Waals surface area contributed by atoms with E-state index < -0.39 is 0 Å². The van der Waals surface area contributed by atoms with Gasteiger partial charge in [-0.25, -0.2) is 0 Å². The largest absolute Gasteiger partial charge is 0.344 e. The van der Waals surface area contributed by atoms with Crippen LogP contribution in [0, 0.1) is 4.84 Å². The molecular formula is C2H9Cl2N2Pt-. The first-order valence-electron chi connectivity index (χ1n) is 0.878. The fourth-order valence-electron chi connectivity index (χ4n) is 0. The van der Waals surface area contributed by atoms with Gasteiger partial charge in [0.15, 0.2) is 0 Å². The fraction of sp³-hybridized carbons (Fsp3) is 0.500. The van der Waals surface area contributed by atoms with Crippen molar-refractivity contribution in [2.45, 2.75) is 6.92 Å². The molecule has 7 heavy (non-hydrogen) atoms. The molecule has 0 aromatic rings. The van der Waals surface area contributed by atoms with E-state index in [9.17, 15) is 0 Å². The Balaban J connectivity index is -0.0000000150. The monoisotopic (exact) mass is 326 g/mol. The summed E-state index contributed by atoms with van der Waals surface area (Å²) >= 11 is 9.91. The molecule has 0 radical (unpaired) electrons. The van der Waals surface area contributed by atoms with E-state index in [4.69, 9.17) is 23.2 Å². The first-order chi connectivity index (χ1) is 1.73. The Hall–Kier alpha value is 1.19. The molecule has 0 unspecified atom stereocenters. The molecule has 0 amide bonds. The van der Waals surface area contributed by atoms with Crippen LogP contribution >= 0.6 is 23.2 Å². The van der Waals surface area contributed by atoms with E-state index in [0.717, 1.165) is 0 Å². The van der Waals surface area contributed by atoms with Crippen molar-refractivity contribution in [2.75, 3.05) is 0 Å². The van der Waals surface area contributed by atoms with Crippen LogP contribution in [0.3, 0.4) is 0 Å². The third kappa shape index (κ3) is 137. The topological polar surface area (TPSA) is 70.0 Å². The minimum Gasteiger partial charge on any atom is -0.344 e. The van der Waals surface area contributed by atoms with Crippen LogP contribution in [0.5, 0.6) is 0 Å². The number of rotatable bonds is 0. The molecule has 0 saturated heterocycles. The van der Waals surface area contributed by atoms with Gasteiger partial charge in [-0.1, -0.05) is 0 Å². The second-order valence-electron chi connectivity index (χ2n) is 0.449. The Kier molecular flexibility index (Phi) is 54.1. The smallest absolute Gasteiger partial charge is 0 e. The molecule has 0 atom stereocenters. The van der Waals surface area contributed by atoms with Crippen molar-refractivity contribution >= 4 is 23.2 Å². The summed E-state index contributed by atoms with van der Waals surface area (Å²) in [4.78, 5) is 0.361. The van der Waals surface area contributed by atoms with Crippen LogP contribution in [0.4, 0.5) is 0 Å². The third-order valence-corrected chi connectivity index (χ3v) is 0. The molecule has 0 fully saturated rings. The standard InChI is InChI=1S/C2H3Cl2.2H3N.Pt/c1-2(3)4;;;/h1H3;2*1H3;/q-1;;;. The summed E-state index contributed by atoms with van der Waals surface area (Å²) < 4.78 is 0. The van der Waals surface area contributed by atoms with Crippen molar-refractivity contribution in [1.29, 1.82) is 0 Å². The summed E-state index contributed by atoms with van der Waals surface area (Å²) in [7, 11) is 0. The predicted octanol–water partition coefficient (Wildman–Crippen LogP) is 2.29. The molecule has 0 aromatic carbocycles. The molecule has 52 valence electrons. The van der Waals surface area contributed by atoms with E-state index in [1.54, 1.807) is 6.92 Å². The van der Waals surface area contributed by atoms with Gasteiger partial charge in [0.25, 0.3) is 0 Å². The van der Waals surface area contributed by atoms with E-state index in [1.807, 2.05) is 0 Å². The molecule has 0 heterocycles. The van der Waals surface area contributed by atoms with Crippen molar-refractivity contribution in [2.24, 2.45) is 0 Å². The van der Waals surface area contributed by atoms with Crippen LogP contribution in [0.15, 0.2) is 0 Å². The molecule has 0 spiro atoms. The predicted molar refractivity (Wildman–Crippen MR) is 30.7 cm³/mol.